The number of rotatable bonds is 9. The second-order valence-corrected chi connectivity index (χ2v) is 4.90. The van der Waals surface area contributed by atoms with Crippen molar-refractivity contribution in [1.82, 2.24) is 5.32 Å². The van der Waals surface area contributed by atoms with Crippen LogP contribution in [0.1, 0.15) is 33.1 Å². The highest BCUT2D eigenvalue weighted by Crippen LogP contribution is 2.06. The summed E-state index contributed by atoms with van der Waals surface area (Å²) in [5.74, 6) is -1.62. The van der Waals surface area contributed by atoms with E-state index in [1.54, 1.807) is 7.05 Å². The summed E-state index contributed by atoms with van der Waals surface area (Å²) < 4.78 is 0. The lowest BCUT2D eigenvalue weighted by Crippen LogP contribution is -2.39. The summed E-state index contributed by atoms with van der Waals surface area (Å²) in [5.41, 5.74) is 10.3. The van der Waals surface area contributed by atoms with Crippen molar-refractivity contribution >= 4 is 11.9 Å². The molecule has 126 valence electrons. The van der Waals surface area contributed by atoms with E-state index in [-0.39, 0.29) is 18.9 Å². The predicted octanol–water partition coefficient (Wildman–Crippen LogP) is -0.797. The van der Waals surface area contributed by atoms with E-state index < -0.39 is 30.1 Å². The Hall–Kier alpha value is -1.22. The van der Waals surface area contributed by atoms with Crippen LogP contribution >= 0.6 is 0 Å². The maximum atomic E-state index is 10.5. The van der Waals surface area contributed by atoms with Crippen molar-refractivity contribution in [3.63, 3.8) is 0 Å². The van der Waals surface area contributed by atoms with Crippen molar-refractivity contribution in [3.05, 3.63) is 0 Å². The highest BCUT2D eigenvalue weighted by Gasteiger charge is 2.20. The quantitative estimate of drug-likeness (QED) is 0.323. The normalized spacial score (nSPS) is 16.1. The summed E-state index contributed by atoms with van der Waals surface area (Å²) in [7, 11) is 1.67. The first kappa shape index (κ1) is 22.1. The molecule has 0 aromatic carbocycles. The van der Waals surface area contributed by atoms with Crippen LogP contribution in [0.2, 0.25) is 0 Å². The Labute approximate surface area is 125 Å². The molecule has 0 aliphatic carbocycles. The standard InChI is InChI=1S/C7H15NO2.C6H14N2O3/c1-4-5(2)6(8-3)7(9)10;7-3-4(9)1-2-5(8)6(10)11/h5-6,8H,4H2,1-3H3,(H,9,10);4-5,9H,1-3,7-8H2,(H,10,11)/t5-,6-;4-,5+/m01/s1. The van der Waals surface area contributed by atoms with E-state index >= 15 is 0 Å². The summed E-state index contributed by atoms with van der Waals surface area (Å²) in [6.45, 7) is 4.06. The zero-order valence-corrected chi connectivity index (χ0v) is 13.0. The molecule has 0 aromatic rings. The molecule has 0 heterocycles. The molecule has 21 heavy (non-hydrogen) atoms. The first-order valence-corrected chi connectivity index (χ1v) is 6.97. The van der Waals surface area contributed by atoms with Crippen LogP contribution in [0.15, 0.2) is 0 Å². The van der Waals surface area contributed by atoms with Crippen molar-refractivity contribution in [1.29, 1.82) is 0 Å². The fourth-order valence-electron chi connectivity index (χ4n) is 1.50. The monoisotopic (exact) mass is 307 g/mol. The molecule has 0 aromatic heterocycles. The highest BCUT2D eigenvalue weighted by molar-refractivity contribution is 5.73. The number of carboxylic acids is 2. The molecule has 0 fully saturated rings. The minimum absolute atomic E-state index is 0.145. The Morgan fingerprint density at radius 2 is 1.71 bits per heavy atom. The minimum atomic E-state index is -1.05. The molecule has 0 spiro atoms. The molecule has 4 atom stereocenters. The van der Waals surface area contributed by atoms with Crippen LogP contribution in [0.3, 0.4) is 0 Å². The fraction of sp³-hybridized carbons (Fsp3) is 0.846. The molecule has 8 N–H and O–H groups in total. The van der Waals surface area contributed by atoms with E-state index in [1.165, 1.54) is 0 Å². The summed E-state index contributed by atoms with van der Waals surface area (Å²) >= 11 is 0. The summed E-state index contributed by atoms with van der Waals surface area (Å²) in [5, 5.41) is 28.6. The van der Waals surface area contributed by atoms with E-state index in [2.05, 4.69) is 5.32 Å². The molecule has 0 saturated heterocycles. The zero-order chi connectivity index (χ0) is 17.0. The molecule has 0 radical (unpaired) electrons. The maximum Gasteiger partial charge on any atom is 0.320 e. The van der Waals surface area contributed by atoms with Crippen LogP contribution in [0.5, 0.6) is 0 Å². The van der Waals surface area contributed by atoms with Gasteiger partial charge < -0.3 is 32.1 Å². The van der Waals surface area contributed by atoms with Gasteiger partial charge in [0.25, 0.3) is 0 Å². The number of nitrogens with two attached hydrogens (primary N) is 2. The van der Waals surface area contributed by atoms with Gasteiger partial charge in [-0.2, -0.15) is 0 Å². The van der Waals surface area contributed by atoms with Gasteiger partial charge in [0.2, 0.25) is 0 Å². The molecular formula is C13H29N3O5. The van der Waals surface area contributed by atoms with Gasteiger partial charge in [0.05, 0.1) is 6.10 Å². The van der Waals surface area contributed by atoms with Gasteiger partial charge in [0.1, 0.15) is 12.1 Å². The van der Waals surface area contributed by atoms with Gasteiger partial charge in [-0.15, -0.1) is 0 Å². The van der Waals surface area contributed by atoms with Gasteiger partial charge in [-0.3, -0.25) is 9.59 Å². The Bertz CT molecular complexity index is 302. The highest BCUT2D eigenvalue weighted by atomic mass is 16.4. The van der Waals surface area contributed by atoms with Crippen molar-refractivity contribution in [3.8, 4) is 0 Å². The average molecular weight is 307 g/mol. The van der Waals surface area contributed by atoms with Crippen molar-refractivity contribution in [2.75, 3.05) is 13.6 Å². The first-order chi connectivity index (χ1) is 9.70. The number of carboxylic acid groups (broad SMARTS) is 2. The zero-order valence-electron chi connectivity index (χ0n) is 13.0. The smallest absolute Gasteiger partial charge is 0.320 e. The number of aliphatic hydroxyl groups excluding tert-OH is 1. The molecule has 0 bridgehead atoms. The SMILES string of the molecule is CC[C@H](C)[C@H](NC)C(=O)O.NC[C@H](O)CC[C@H](N)C(=O)O. The lowest BCUT2D eigenvalue weighted by atomic mass is 10.00. The third-order valence-corrected chi connectivity index (χ3v) is 3.19. The third-order valence-electron chi connectivity index (χ3n) is 3.19. The molecule has 0 amide bonds. The Kier molecular flexibility index (Phi) is 13.2. The maximum absolute atomic E-state index is 10.5. The second kappa shape index (κ2) is 12.5. The van der Waals surface area contributed by atoms with Crippen LogP contribution in [0.4, 0.5) is 0 Å². The summed E-state index contributed by atoms with van der Waals surface area (Å²) in [6, 6.07) is -1.29. The molecule has 0 saturated carbocycles. The lowest BCUT2D eigenvalue weighted by Gasteiger charge is -2.16. The van der Waals surface area contributed by atoms with Gasteiger partial charge in [-0.05, 0) is 25.8 Å². The molecule has 0 aliphatic rings. The molecule has 8 heteroatoms. The number of aliphatic hydroxyl groups is 1. The number of aliphatic carboxylic acids is 2. The molecule has 8 nitrogen and oxygen atoms in total. The number of hydrogen-bond acceptors (Lipinski definition) is 6. The van der Waals surface area contributed by atoms with Crippen LogP contribution < -0.4 is 16.8 Å². The first-order valence-electron chi connectivity index (χ1n) is 6.97. The van der Waals surface area contributed by atoms with Crippen molar-refractivity contribution < 1.29 is 24.9 Å². The van der Waals surface area contributed by atoms with Crippen LogP contribution in [-0.2, 0) is 9.59 Å². The number of likely N-dealkylation sites (N-methyl/N-ethyl adjacent to an activating group) is 1. The van der Waals surface area contributed by atoms with Crippen LogP contribution in [0.25, 0.3) is 0 Å². The lowest BCUT2D eigenvalue weighted by molar-refractivity contribution is -0.141. The van der Waals surface area contributed by atoms with Gasteiger partial charge in [-0.25, -0.2) is 0 Å². The van der Waals surface area contributed by atoms with E-state index in [0.29, 0.717) is 6.42 Å². The Morgan fingerprint density at radius 3 is 1.95 bits per heavy atom. The summed E-state index contributed by atoms with van der Waals surface area (Å²) in [6.07, 6.45) is 0.843. The van der Waals surface area contributed by atoms with Crippen molar-refractivity contribution in [2.45, 2.75) is 51.3 Å². The van der Waals surface area contributed by atoms with Gasteiger partial charge >= 0.3 is 11.9 Å². The number of carbonyl (C=O) groups is 2. The minimum Gasteiger partial charge on any atom is -0.480 e. The predicted molar refractivity (Wildman–Crippen MR) is 79.8 cm³/mol. The van der Waals surface area contributed by atoms with E-state index in [0.717, 1.165) is 6.42 Å². The van der Waals surface area contributed by atoms with Crippen molar-refractivity contribution in [2.24, 2.45) is 17.4 Å². The van der Waals surface area contributed by atoms with Crippen LogP contribution in [0, 0.1) is 5.92 Å². The Morgan fingerprint density at radius 1 is 1.19 bits per heavy atom. The second-order valence-electron chi connectivity index (χ2n) is 4.90. The Balaban J connectivity index is 0. The summed E-state index contributed by atoms with van der Waals surface area (Å²) in [4.78, 5) is 20.6. The number of hydrogen-bond donors (Lipinski definition) is 6. The average Bonchev–Trinajstić information content (AvgIpc) is 2.44. The third kappa shape index (κ3) is 11.1. The van der Waals surface area contributed by atoms with E-state index in [1.807, 2.05) is 13.8 Å². The molecule has 0 unspecified atom stereocenters. The largest absolute Gasteiger partial charge is 0.480 e. The van der Waals surface area contributed by atoms with E-state index in [9.17, 15) is 9.59 Å². The van der Waals surface area contributed by atoms with Gasteiger partial charge in [0.15, 0.2) is 0 Å². The molecular weight excluding hydrogens is 278 g/mol. The van der Waals surface area contributed by atoms with Gasteiger partial charge in [0, 0.05) is 6.54 Å². The fourth-order valence-corrected chi connectivity index (χ4v) is 1.50. The van der Waals surface area contributed by atoms with Crippen LogP contribution in [-0.4, -0.2) is 59.0 Å². The van der Waals surface area contributed by atoms with Gasteiger partial charge in [-0.1, -0.05) is 20.3 Å². The number of nitrogens with one attached hydrogen (secondary N) is 1. The topological polar surface area (TPSA) is 159 Å². The molecule has 0 aliphatic heterocycles. The molecule has 0 rings (SSSR count). The van der Waals surface area contributed by atoms with E-state index in [4.69, 9.17) is 26.8 Å².